The quantitative estimate of drug-likeness (QED) is 0.684. The van der Waals surface area contributed by atoms with Crippen LogP contribution in [0.15, 0.2) is 23.2 Å². The number of nitrogens with one attached hydrogen (secondary N) is 1. The van der Waals surface area contributed by atoms with E-state index in [1.807, 2.05) is 6.92 Å². The third-order valence-electron chi connectivity index (χ3n) is 3.16. The van der Waals surface area contributed by atoms with Gasteiger partial charge in [0.15, 0.2) is 0 Å². The van der Waals surface area contributed by atoms with Crippen LogP contribution in [0, 0.1) is 0 Å². The highest BCUT2D eigenvalue weighted by atomic mass is 32.2. The largest absolute Gasteiger partial charge is 0.325 e. The van der Waals surface area contributed by atoms with Crippen molar-refractivity contribution in [1.82, 2.24) is 9.71 Å². The van der Waals surface area contributed by atoms with Gasteiger partial charge in [-0.2, -0.15) is 0 Å². The number of nitrogens with zero attached hydrogens (tertiary/aromatic N) is 1. The summed E-state index contributed by atoms with van der Waals surface area (Å²) in [7, 11) is -3.48. The smallest absolute Gasteiger partial charge is 0.242 e. The number of unbranched alkanes of at least 4 members (excludes halogenated alkanes) is 3. The molecule has 1 heterocycles. The van der Waals surface area contributed by atoms with Crippen LogP contribution < -0.4 is 10.5 Å². The molecule has 1 unspecified atom stereocenters. The van der Waals surface area contributed by atoms with Crippen molar-refractivity contribution >= 4 is 10.0 Å². The lowest BCUT2D eigenvalue weighted by Gasteiger charge is -2.14. The Morgan fingerprint density at radius 3 is 2.60 bits per heavy atom. The van der Waals surface area contributed by atoms with Gasteiger partial charge >= 0.3 is 0 Å². The van der Waals surface area contributed by atoms with Crippen LogP contribution in [0.25, 0.3) is 0 Å². The molecular weight excluding hydrogens is 274 g/mol. The van der Waals surface area contributed by atoms with E-state index in [1.54, 1.807) is 12.1 Å². The van der Waals surface area contributed by atoms with Crippen LogP contribution in [0.4, 0.5) is 0 Å². The second-order valence-electron chi connectivity index (χ2n) is 5.06. The van der Waals surface area contributed by atoms with Crippen molar-refractivity contribution in [2.45, 2.75) is 63.4 Å². The third kappa shape index (κ3) is 5.56. The molecule has 1 rings (SSSR count). The van der Waals surface area contributed by atoms with Crippen LogP contribution in [0.3, 0.4) is 0 Å². The minimum Gasteiger partial charge on any atom is -0.325 e. The van der Waals surface area contributed by atoms with E-state index in [9.17, 15) is 8.42 Å². The number of rotatable bonds is 9. The van der Waals surface area contributed by atoms with Crippen molar-refractivity contribution in [3.63, 3.8) is 0 Å². The molecule has 3 N–H and O–H groups in total. The lowest BCUT2D eigenvalue weighted by atomic mass is 10.1. The molecule has 0 bridgehead atoms. The molecule has 114 valence electrons. The summed E-state index contributed by atoms with van der Waals surface area (Å²) in [5.74, 6) is 0. The summed E-state index contributed by atoms with van der Waals surface area (Å²) >= 11 is 0. The van der Waals surface area contributed by atoms with Crippen LogP contribution in [0.2, 0.25) is 0 Å². The molecule has 1 aromatic heterocycles. The lowest BCUT2D eigenvalue weighted by Crippen LogP contribution is -2.32. The predicted molar refractivity (Wildman–Crippen MR) is 80.7 cm³/mol. The molecule has 1 atom stereocenters. The van der Waals surface area contributed by atoms with Gasteiger partial charge in [-0.1, -0.05) is 32.6 Å². The molecule has 0 saturated heterocycles. The highest BCUT2D eigenvalue weighted by Crippen LogP contribution is 2.11. The minimum absolute atomic E-state index is 0.0639. The van der Waals surface area contributed by atoms with Gasteiger partial charge < -0.3 is 5.73 Å². The molecule has 0 aliphatic heterocycles. The predicted octanol–water partition coefficient (Wildman–Crippen LogP) is 2.18. The Morgan fingerprint density at radius 2 is 2.05 bits per heavy atom. The minimum atomic E-state index is -3.48. The summed E-state index contributed by atoms with van der Waals surface area (Å²) in [5, 5.41) is 0. The van der Waals surface area contributed by atoms with Gasteiger partial charge in [0.1, 0.15) is 4.90 Å². The summed E-state index contributed by atoms with van der Waals surface area (Å²) in [4.78, 5) is 4.20. The molecule has 0 spiro atoms. The molecule has 1 aromatic rings. The van der Waals surface area contributed by atoms with Crippen molar-refractivity contribution < 1.29 is 8.42 Å². The van der Waals surface area contributed by atoms with E-state index < -0.39 is 10.0 Å². The van der Waals surface area contributed by atoms with Gasteiger partial charge in [-0.05, 0) is 25.5 Å². The zero-order valence-corrected chi connectivity index (χ0v) is 13.1. The number of aromatic nitrogens is 1. The second kappa shape index (κ2) is 8.34. The maximum absolute atomic E-state index is 12.1. The summed E-state index contributed by atoms with van der Waals surface area (Å²) in [6.07, 6.45) is 6.78. The Balaban J connectivity index is 2.55. The molecule has 6 heteroatoms. The Morgan fingerprint density at radius 1 is 1.30 bits per heavy atom. The average Bonchev–Trinajstić information content (AvgIpc) is 2.43. The number of hydrogen-bond acceptors (Lipinski definition) is 4. The molecule has 0 amide bonds. The first-order chi connectivity index (χ1) is 9.49. The first-order valence-electron chi connectivity index (χ1n) is 7.17. The van der Waals surface area contributed by atoms with Gasteiger partial charge in [-0.25, -0.2) is 13.1 Å². The second-order valence-corrected chi connectivity index (χ2v) is 6.78. The third-order valence-corrected chi connectivity index (χ3v) is 4.74. The molecule has 0 radical (unpaired) electrons. The van der Waals surface area contributed by atoms with Crippen molar-refractivity contribution in [2.75, 3.05) is 0 Å². The normalized spacial score (nSPS) is 13.3. The van der Waals surface area contributed by atoms with E-state index >= 15 is 0 Å². The van der Waals surface area contributed by atoms with E-state index in [0.29, 0.717) is 12.2 Å². The standard InChI is InChI=1S/C14H25N3O2S/c1-3-4-5-6-7-12(2)17-20(18,19)14-9-8-13(10-15)16-11-14/h8-9,11-12,17H,3-7,10,15H2,1-2H3. The van der Waals surface area contributed by atoms with E-state index in [0.717, 1.165) is 19.3 Å². The highest BCUT2D eigenvalue weighted by molar-refractivity contribution is 7.89. The van der Waals surface area contributed by atoms with Crippen LogP contribution in [-0.2, 0) is 16.6 Å². The Labute approximate surface area is 122 Å². The Bertz CT molecular complexity index is 486. The first-order valence-corrected chi connectivity index (χ1v) is 8.65. The van der Waals surface area contributed by atoms with Gasteiger partial charge in [-0.15, -0.1) is 0 Å². The van der Waals surface area contributed by atoms with E-state index in [1.165, 1.54) is 19.0 Å². The lowest BCUT2D eigenvalue weighted by molar-refractivity contribution is 0.521. The monoisotopic (exact) mass is 299 g/mol. The number of nitrogens with two attached hydrogens (primary N) is 1. The Kier molecular flexibility index (Phi) is 7.12. The molecule has 0 saturated carbocycles. The first kappa shape index (κ1) is 17.1. The molecule has 0 aliphatic carbocycles. The highest BCUT2D eigenvalue weighted by Gasteiger charge is 2.17. The average molecular weight is 299 g/mol. The van der Waals surface area contributed by atoms with Crippen molar-refractivity contribution in [3.05, 3.63) is 24.0 Å². The summed E-state index contributed by atoms with van der Waals surface area (Å²) in [5.41, 5.74) is 6.12. The van der Waals surface area contributed by atoms with E-state index in [2.05, 4.69) is 16.6 Å². The van der Waals surface area contributed by atoms with Gasteiger partial charge in [0.05, 0.1) is 5.69 Å². The molecule has 5 nitrogen and oxygen atoms in total. The fourth-order valence-electron chi connectivity index (χ4n) is 1.96. The summed E-state index contributed by atoms with van der Waals surface area (Å²) in [6.45, 7) is 4.36. The van der Waals surface area contributed by atoms with E-state index in [-0.39, 0.29) is 10.9 Å². The summed E-state index contributed by atoms with van der Waals surface area (Å²) < 4.78 is 27.0. The van der Waals surface area contributed by atoms with Gasteiger partial charge in [0.25, 0.3) is 0 Å². The van der Waals surface area contributed by atoms with Crippen molar-refractivity contribution in [2.24, 2.45) is 5.73 Å². The fourth-order valence-corrected chi connectivity index (χ4v) is 3.18. The molecule has 0 fully saturated rings. The van der Waals surface area contributed by atoms with E-state index in [4.69, 9.17) is 5.73 Å². The number of pyridine rings is 1. The molecule has 0 aliphatic rings. The van der Waals surface area contributed by atoms with Gasteiger partial charge in [0, 0.05) is 18.8 Å². The maximum atomic E-state index is 12.1. The zero-order valence-electron chi connectivity index (χ0n) is 12.3. The molecular formula is C14H25N3O2S. The topological polar surface area (TPSA) is 85.1 Å². The SMILES string of the molecule is CCCCCCC(C)NS(=O)(=O)c1ccc(CN)nc1. The van der Waals surface area contributed by atoms with Crippen LogP contribution >= 0.6 is 0 Å². The Hall–Kier alpha value is -0.980. The summed E-state index contributed by atoms with van der Waals surface area (Å²) in [6, 6.07) is 3.12. The van der Waals surface area contributed by atoms with Gasteiger partial charge in [-0.3, -0.25) is 4.98 Å². The van der Waals surface area contributed by atoms with Crippen LogP contribution in [-0.4, -0.2) is 19.4 Å². The maximum Gasteiger partial charge on any atom is 0.242 e. The fraction of sp³-hybridized carbons (Fsp3) is 0.643. The number of hydrogen-bond donors (Lipinski definition) is 2. The molecule has 0 aromatic carbocycles. The van der Waals surface area contributed by atoms with Crippen molar-refractivity contribution in [3.8, 4) is 0 Å². The van der Waals surface area contributed by atoms with Crippen molar-refractivity contribution in [1.29, 1.82) is 0 Å². The van der Waals surface area contributed by atoms with Crippen LogP contribution in [0.1, 0.15) is 51.6 Å². The zero-order chi connectivity index (χ0) is 15.0. The number of sulfonamides is 1. The molecule has 20 heavy (non-hydrogen) atoms. The van der Waals surface area contributed by atoms with Gasteiger partial charge in [0.2, 0.25) is 10.0 Å². The van der Waals surface area contributed by atoms with Crippen LogP contribution in [0.5, 0.6) is 0 Å².